The summed E-state index contributed by atoms with van der Waals surface area (Å²) in [5.41, 5.74) is 3.21. The third-order valence-electron chi connectivity index (χ3n) is 7.40. The maximum absolute atomic E-state index is 13.9. The van der Waals surface area contributed by atoms with Crippen molar-refractivity contribution >= 4 is 29.1 Å². The molecule has 210 valence electrons. The lowest BCUT2D eigenvalue weighted by Crippen LogP contribution is -2.46. The Balaban J connectivity index is 1.40. The molecule has 1 fully saturated rings. The highest BCUT2D eigenvalue weighted by molar-refractivity contribution is 6.30. The molecule has 3 heterocycles. The Kier molecular flexibility index (Phi) is 8.84. The molecular formula is C30H34ClN5O4. The second-order valence-electron chi connectivity index (χ2n) is 9.97. The van der Waals surface area contributed by atoms with Gasteiger partial charge in [0.25, 0.3) is 11.8 Å². The second-order valence-corrected chi connectivity index (χ2v) is 10.4. The summed E-state index contributed by atoms with van der Waals surface area (Å²) < 4.78 is 12.7. The molecule has 1 atom stereocenters. The normalized spacial score (nSPS) is 17.5. The number of hydrazone groups is 1. The van der Waals surface area contributed by atoms with Crippen LogP contribution in [0.25, 0.3) is 0 Å². The Morgan fingerprint density at radius 3 is 2.45 bits per heavy atom. The molecule has 0 aliphatic carbocycles. The van der Waals surface area contributed by atoms with Gasteiger partial charge in [0.2, 0.25) is 0 Å². The number of amides is 2. The van der Waals surface area contributed by atoms with Gasteiger partial charge in [-0.1, -0.05) is 23.7 Å². The molecule has 2 amide bonds. The minimum atomic E-state index is -0.299. The van der Waals surface area contributed by atoms with E-state index in [1.807, 2.05) is 54.2 Å². The van der Waals surface area contributed by atoms with E-state index in [9.17, 15) is 9.59 Å². The minimum Gasteiger partial charge on any atom is -0.497 e. The van der Waals surface area contributed by atoms with Gasteiger partial charge in [-0.15, -0.1) is 0 Å². The maximum atomic E-state index is 13.9. The number of ether oxygens (including phenoxy) is 2. The summed E-state index contributed by atoms with van der Waals surface area (Å²) in [7, 11) is 3.54. The first-order valence-electron chi connectivity index (χ1n) is 13.4. The van der Waals surface area contributed by atoms with E-state index in [0.29, 0.717) is 49.1 Å². The largest absolute Gasteiger partial charge is 0.497 e. The van der Waals surface area contributed by atoms with Crippen molar-refractivity contribution in [2.24, 2.45) is 12.1 Å². The SMILES string of the molecule is COc1ccc(C(=O)N(CCN2CCOCC2)CC(=O)N2N=C(c3cccn3C)C[C@@H]2c2ccc(Cl)cc2)cc1. The van der Waals surface area contributed by atoms with Gasteiger partial charge in [-0.3, -0.25) is 14.5 Å². The molecular weight excluding hydrogens is 530 g/mol. The number of aromatic nitrogens is 1. The molecule has 5 rings (SSSR count). The average molecular weight is 564 g/mol. The van der Waals surface area contributed by atoms with Crippen LogP contribution in [0.15, 0.2) is 72.0 Å². The Morgan fingerprint density at radius 2 is 1.80 bits per heavy atom. The highest BCUT2D eigenvalue weighted by Crippen LogP contribution is 2.33. The third kappa shape index (κ3) is 6.38. The lowest BCUT2D eigenvalue weighted by Gasteiger charge is -2.31. The highest BCUT2D eigenvalue weighted by atomic mass is 35.5. The number of hydrogen-bond donors (Lipinski definition) is 0. The van der Waals surface area contributed by atoms with Crippen molar-refractivity contribution < 1.29 is 19.1 Å². The van der Waals surface area contributed by atoms with Gasteiger partial charge in [-0.2, -0.15) is 5.10 Å². The number of carbonyl (C=O) groups is 2. The standard InChI is InChI=1S/C30H34ClN5O4/c1-33-13-3-4-27(33)26-20-28(22-5-9-24(31)10-6-22)36(32-26)29(37)21-35(15-14-34-16-18-40-19-17-34)30(38)23-7-11-25(39-2)12-8-23/h3-13,28H,14-21H2,1-2H3/t28-/m1/s1. The zero-order valence-electron chi connectivity index (χ0n) is 22.8. The van der Waals surface area contributed by atoms with Crippen molar-refractivity contribution in [2.45, 2.75) is 12.5 Å². The molecule has 2 aliphatic rings. The number of nitrogens with zero attached hydrogens (tertiary/aromatic N) is 5. The van der Waals surface area contributed by atoms with Gasteiger partial charge in [-0.25, -0.2) is 5.01 Å². The van der Waals surface area contributed by atoms with Crippen LogP contribution in [-0.2, 0) is 16.6 Å². The average Bonchev–Trinajstić information content (AvgIpc) is 3.62. The van der Waals surface area contributed by atoms with Crippen LogP contribution in [0.5, 0.6) is 5.75 Å². The van der Waals surface area contributed by atoms with Crippen LogP contribution in [0.1, 0.15) is 34.1 Å². The quantitative estimate of drug-likeness (QED) is 0.395. The van der Waals surface area contributed by atoms with E-state index in [1.54, 1.807) is 36.3 Å². The first kappa shape index (κ1) is 27.9. The van der Waals surface area contributed by atoms with Gasteiger partial charge in [-0.05, 0) is 54.1 Å². The smallest absolute Gasteiger partial charge is 0.262 e. The number of halogens is 1. The number of morpholine rings is 1. The van der Waals surface area contributed by atoms with Gasteiger partial charge >= 0.3 is 0 Å². The van der Waals surface area contributed by atoms with Gasteiger partial charge in [0.1, 0.15) is 12.3 Å². The number of methoxy groups -OCH3 is 1. The van der Waals surface area contributed by atoms with Crippen LogP contribution >= 0.6 is 11.6 Å². The summed E-state index contributed by atoms with van der Waals surface area (Å²) in [6.45, 7) is 3.89. The Hall–Kier alpha value is -3.66. The van der Waals surface area contributed by atoms with Crippen LogP contribution in [0.2, 0.25) is 5.02 Å². The first-order valence-corrected chi connectivity index (χ1v) is 13.8. The van der Waals surface area contributed by atoms with Crippen molar-refractivity contribution in [3.8, 4) is 5.75 Å². The molecule has 0 bridgehead atoms. The van der Waals surface area contributed by atoms with E-state index in [-0.39, 0.29) is 24.4 Å². The summed E-state index contributed by atoms with van der Waals surface area (Å²) in [4.78, 5) is 31.5. The Morgan fingerprint density at radius 1 is 1.07 bits per heavy atom. The molecule has 2 aromatic carbocycles. The second kappa shape index (κ2) is 12.7. The van der Waals surface area contributed by atoms with Crippen molar-refractivity contribution in [3.63, 3.8) is 0 Å². The lowest BCUT2D eigenvalue weighted by atomic mass is 10.0. The number of hydrogen-bond acceptors (Lipinski definition) is 6. The zero-order chi connectivity index (χ0) is 28.1. The summed E-state index contributed by atoms with van der Waals surface area (Å²) >= 11 is 6.15. The molecule has 1 saturated heterocycles. The van der Waals surface area contributed by atoms with E-state index in [1.165, 1.54) is 5.01 Å². The number of benzene rings is 2. The molecule has 2 aliphatic heterocycles. The van der Waals surface area contributed by atoms with E-state index >= 15 is 0 Å². The van der Waals surface area contributed by atoms with Crippen LogP contribution in [-0.4, -0.2) is 89.9 Å². The Labute approximate surface area is 239 Å². The fourth-order valence-electron chi connectivity index (χ4n) is 5.09. The molecule has 0 unspecified atom stereocenters. The van der Waals surface area contributed by atoms with Gasteiger partial charge in [0.15, 0.2) is 0 Å². The Bertz CT molecular complexity index is 1350. The molecule has 1 aromatic heterocycles. The van der Waals surface area contributed by atoms with Crippen LogP contribution in [0.4, 0.5) is 0 Å². The van der Waals surface area contributed by atoms with Crippen LogP contribution < -0.4 is 4.74 Å². The summed E-state index contributed by atoms with van der Waals surface area (Å²) in [5, 5.41) is 6.96. The zero-order valence-corrected chi connectivity index (χ0v) is 23.6. The molecule has 0 N–H and O–H groups in total. The summed E-state index contributed by atoms with van der Waals surface area (Å²) in [6.07, 6.45) is 2.52. The number of carbonyl (C=O) groups excluding carboxylic acids is 2. The monoisotopic (exact) mass is 563 g/mol. The van der Waals surface area contributed by atoms with E-state index in [2.05, 4.69) is 4.90 Å². The fraction of sp³-hybridized carbons (Fsp3) is 0.367. The third-order valence-corrected chi connectivity index (χ3v) is 7.65. The van der Waals surface area contributed by atoms with Gasteiger partial charge in [0.05, 0.1) is 37.8 Å². The summed E-state index contributed by atoms with van der Waals surface area (Å²) in [6, 6.07) is 18.1. The predicted octanol–water partition coefficient (Wildman–Crippen LogP) is 3.84. The first-order chi connectivity index (χ1) is 19.4. The highest BCUT2D eigenvalue weighted by Gasteiger charge is 2.35. The van der Waals surface area contributed by atoms with Crippen molar-refractivity contribution in [1.29, 1.82) is 0 Å². The van der Waals surface area contributed by atoms with Crippen molar-refractivity contribution in [1.82, 2.24) is 19.4 Å². The lowest BCUT2D eigenvalue weighted by molar-refractivity contribution is -0.133. The molecule has 3 aromatic rings. The molecule has 10 heteroatoms. The molecule has 9 nitrogen and oxygen atoms in total. The van der Waals surface area contributed by atoms with Gasteiger partial charge < -0.3 is 18.9 Å². The maximum Gasteiger partial charge on any atom is 0.262 e. The fourth-order valence-corrected chi connectivity index (χ4v) is 5.22. The van der Waals surface area contributed by atoms with E-state index in [4.69, 9.17) is 26.2 Å². The predicted molar refractivity (Wildman–Crippen MR) is 154 cm³/mol. The van der Waals surface area contributed by atoms with Crippen molar-refractivity contribution in [3.05, 3.63) is 88.7 Å². The number of aryl methyl sites for hydroxylation is 1. The van der Waals surface area contributed by atoms with E-state index < -0.39 is 0 Å². The van der Waals surface area contributed by atoms with Crippen LogP contribution in [0.3, 0.4) is 0 Å². The molecule has 0 spiro atoms. The topological polar surface area (TPSA) is 79.6 Å². The van der Waals surface area contributed by atoms with E-state index in [0.717, 1.165) is 30.1 Å². The molecule has 0 saturated carbocycles. The van der Waals surface area contributed by atoms with Crippen LogP contribution in [0, 0.1) is 0 Å². The molecule has 40 heavy (non-hydrogen) atoms. The van der Waals surface area contributed by atoms with Crippen molar-refractivity contribution in [2.75, 3.05) is 53.0 Å². The molecule has 0 radical (unpaired) electrons. The minimum absolute atomic E-state index is 0.0940. The van der Waals surface area contributed by atoms with Gasteiger partial charge in [0, 0.05) is 56.4 Å². The number of rotatable bonds is 9. The summed E-state index contributed by atoms with van der Waals surface area (Å²) in [5.74, 6) is 0.212.